The molecule has 27 heavy (non-hydrogen) atoms. The fourth-order valence-electron chi connectivity index (χ4n) is 3.43. The van der Waals surface area contributed by atoms with Gasteiger partial charge in [-0.25, -0.2) is 0 Å². The number of rotatable bonds is 2. The summed E-state index contributed by atoms with van der Waals surface area (Å²) in [5.41, 5.74) is 1.32. The monoisotopic (exact) mass is 397 g/mol. The number of nitrogens with zero attached hydrogens (tertiary/aromatic N) is 3. The van der Waals surface area contributed by atoms with Crippen molar-refractivity contribution in [3.8, 4) is 6.07 Å². The van der Waals surface area contributed by atoms with Crippen molar-refractivity contribution in [1.82, 2.24) is 0 Å². The fourth-order valence-corrected chi connectivity index (χ4v) is 3.92. The lowest BCUT2D eigenvalue weighted by Gasteiger charge is -2.34. The second-order valence-corrected chi connectivity index (χ2v) is 7.15. The van der Waals surface area contributed by atoms with E-state index in [2.05, 4.69) is 5.16 Å². The zero-order chi connectivity index (χ0) is 19.2. The summed E-state index contributed by atoms with van der Waals surface area (Å²) < 4.78 is 0. The number of nitriles is 1. The Kier molecular flexibility index (Phi) is 4.18. The molecule has 0 N–H and O–H groups in total. The molecule has 1 spiro atoms. The predicted molar refractivity (Wildman–Crippen MR) is 104 cm³/mol. The van der Waals surface area contributed by atoms with Crippen molar-refractivity contribution in [2.24, 2.45) is 5.16 Å². The van der Waals surface area contributed by atoms with Gasteiger partial charge in [0.25, 0.3) is 5.91 Å². The summed E-state index contributed by atoms with van der Waals surface area (Å²) in [6.45, 7) is 1.71. The average molecular weight is 398 g/mol. The minimum Gasteiger partial charge on any atom is -0.361 e. The number of halogens is 2. The summed E-state index contributed by atoms with van der Waals surface area (Å²) in [5, 5.41) is 14.5. The van der Waals surface area contributed by atoms with E-state index in [1.165, 1.54) is 4.90 Å². The molecule has 1 amide bonds. The molecule has 1 unspecified atom stereocenters. The number of amides is 1. The highest BCUT2D eigenvalue weighted by Gasteiger charge is 2.57. The Morgan fingerprint density at radius 2 is 1.96 bits per heavy atom. The molecule has 2 aromatic carbocycles. The first-order valence-electron chi connectivity index (χ1n) is 8.19. The molecule has 7 heteroatoms. The van der Waals surface area contributed by atoms with Crippen LogP contribution in [0.25, 0.3) is 0 Å². The quantitative estimate of drug-likeness (QED) is 0.737. The van der Waals surface area contributed by atoms with E-state index in [1.807, 2.05) is 36.4 Å². The van der Waals surface area contributed by atoms with Crippen LogP contribution in [0.5, 0.6) is 0 Å². The number of carbonyl (C=O) groups is 1. The summed E-state index contributed by atoms with van der Waals surface area (Å²) in [5.74, 6) is -0.469. The number of oxime groups is 1. The van der Waals surface area contributed by atoms with Crippen molar-refractivity contribution in [2.75, 3.05) is 4.90 Å². The first-order valence-corrected chi connectivity index (χ1v) is 8.95. The van der Waals surface area contributed by atoms with E-state index >= 15 is 0 Å². The van der Waals surface area contributed by atoms with Crippen LogP contribution in [0.1, 0.15) is 18.9 Å². The third-order valence-corrected chi connectivity index (χ3v) is 5.36. The molecule has 2 heterocycles. The summed E-state index contributed by atoms with van der Waals surface area (Å²) in [4.78, 5) is 20.2. The van der Waals surface area contributed by atoms with Crippen molar-refractivity contribution < 1.29 is 9.63 Å². The van der Waals surface area contributed by atoms with E-state index in [0.717, 1.165) is 5.56 Å². The number of hydrogen-bond acceptors (Lipinski definition) is 4. The molecule has 1 atom stereocenters. The molecule has 2 aromatic rings. The molecule has 2 aliphatic rings. The molecule has 4 rings (SSSR count). The van der Waals surface area contributed by atoms with Crippen molar-refractivity contribution >= 4 is 40.5 Å². The molecule has 2 aliphatic heterocycles. The number of anilines is 1. The molecular weight excluding hydrogens is 385 g/mol. The van der Waals surface area contributed by atoms with Crippen LogP contribution in [0.2, 0.25) is 10.0 Å². The summed E-state index contributed by atoms with van der Waals surface area (Å²) >= 11 is 12.4. The van der Waals surface area contributed by atoms with Crippen LogP contribution in [-0.2, 0) is 9.63 Å². The van der Waals surface area contributed by atoms with Gasteiger partial charge in [0.05, 0.1) is 22.8 Å². The van der Waals surface area contributed by atoms with Gasteiger partial charge in [0.2, 0.25) is 5.72 Å². The van der Waals surface area contributed by atoms with Gasteiger partial charge in [0.1, 0.15) is 11.6 Å². The van der Waals surface area contributed by atoms with E-state index in [4.69, 9.17) is 28.0 Å². The summed E-state index contributed by atoms with van der Waals surface area (Å²) in [6, 6.07) is 16.4. The molecule has 0 bridgehead atoms. The molecule has 134 valence electrons. The minimum absolute atomic E-state index is 0.0329. The maximum absolute atomic E-state index is 13.0. The van der Waals surface area contributed by atoms with Gasteiger partial charge in [-0.2, -0.15) is 5.26 Å². The zero-order valence-electron chi connectivity index (χ0n) is 14.2. The van der Waals surface area contributed by atoms with Gasteiger partial charge in [-0.15, -0.1) is 0 Å². The molecular formula is C20H13Cl2N3O2. The number of benzene rings is 2. The van der Waals surface area contributed by atoms with Crippen molar-refractivity contribution in [1.29, 1.82) is 5.26 Å². The number of carbonyl (C=O) groups excluding carboxylic acids is 1. The van der Waals surface area contributed by atoms with E-state index in [1.54, 1.807) is 25.1 Å². The first-order chi connectivity index (χ1) is 13.0. The minimum atomic E-state index is -1.22. The Morgan fingerprint density at radius 1 is 1.22 bits per heavy atom. The molecule has 0 radical (unpaired) electrons. The van der Waals surface area contributed by atoms with Crippen molar-refractivity contribution in [2.45, 2.75) is 19.1 Å². The van der Waals surface area contributed by atoms with E-state index in [0.29, 0.717) is 33.4 Å². The Labute approximate surface area is 166 Å². The van der Waals surface area contributed by atoms with Crippen LogP contribution >= 0.6 is 23.2 Å². The summed E-state index contributed by atoms with van der Waals surface area (Å²) in [6.07, 6.45) is 0.304. The standard InChI is InChI=1S/C20H13Cl2N3O2/c1-12-15(11-23)19(26)25(18-8-7-14(21)9-16(18)22)20(12)10-17(24-27-20)13-5-3-2-4-6-13/h2-9H,10H2,1H3. The number of hydrogen-bond donors (Lipinski definition) is 0. The lowest BCUT2D eigenvalue weighted by atomic mass is 9.94. The second-order valence-electron chi connectivity index (χ2n) is 6.30. The van der Waals surface area contributed by atoms with Crippen molar-refractivity contribution in [3.63, 3.8) is 0 Å². The van der Waals surface area contributed by atoms with Crippen LogP contribution in [0.3, 0.4) is 0 Å². The molecule has 0 saturated heterocycles. The second kappa shape index (κ2) is 6.41. The Morgan fingerprint density at radius 3 is 2.63 bits per heavy atom. The van der Waals surface area contributed by atoms with E-state index < -0.39 is 11.6 Å². The molecule has 0 saturated carbocycles. The lowest BCUT2D eigenvalue weighted by Crippen LogP contribution is -2.49. The van der Waals surface area contributed by atoms with E-state index in [-0.39, 0.29) is 5.57 Å². The van der Waals surface area contributed by atoms with Crippen LogP contribution in [0.15, 0.2) is 64.8 Å². The van der Waals surface area contributed by atoms with Crippen LogP contribution < -0.4 is 4.90 Å². The third-order valence-electron chi connectivity index (χ3n) is 4.82. The molecule has 5 nitrogen and oxygen atoms in total. The van der Waals surface area contributed by atoms with Gasteiger partial charge in [-0.3, -0.25) is 9.69 Å². The predicted octanol–water partition coefficient (Wildman–Crippen LogP) is 4.70. The Balaban J connectivity index is 1.83. The highest BCUT2D eigenvalue weighted by molar-refractivity contribution is 6.37. The summed E-state index contributed by atoms with van der Waals surface area (Å²) in [7, 11) is 0. The van der Waals surface area contributed by atoms with E-state index in [9.17, 15) is 10.1 Å². The molecule has 0 fully saturated rings. The Bertz CT molecular complexity index is 1060. The topological polar surface area (TPSA) is 65.7 Å². The average Bonchev–Trinajstić information content (AvgIpc) is 3.18. The maximum Gasteiger partial charge on any atom is 0.272 e. The first kappa shape index (κ1) is 17.6. The highest BCUT2D eigenvalue weighted by Crippen LogP contribution is 2.47. The van der Waals surface area contributed by atoms with Gasteiger partial charge in [0, 0.05) is 10.6 Å². The van der Waals surface area contributed by atoms with Gasteiger partial charge in [-0.05, 0) is 30.7 Å². The van der Waals surface area contributed by atoms with Crippen LogP contribution in [0, 0.1) is 11.3 Å². The largest absolute Gasteiger partial charge is 0.361 e. The van der Waals surface area contributed by atoms with Crippen molar-refractivity contribution in [3.05, 3.63) is 75.3 Å². The third kappa shape index (κ3) is 2.61. The fraction of sp³-hybridized carbons (Fsp3) is 0.150. The maximum atomic E-state index is 13.0. The lowest BCUT2D eigenvalue weighted by molar-refractivity contribution is -0.117. The van der Waals surface area contributed by atoms with Gasteiger partial charge >= 0.3 is 0 Å². The van der Waals surface area contributed by atoms with Gasteiger partial charge < -0.3 is 4.84 Å². The highest BCUT2D eigenvalue weighted by atomic mass is 35.5. The normalized spacial score (nSPS) is 21.5. The van der Waals surface area contributed by atoms with Gasteiger partial charge in [0.15, 0.2) is 0 Å². The molecule has 0 aliphatic carbocycles. The SMILES string of the molecule is CC1=C(C#N)C(=O)N(c2ccc(Cl)cc2Cl)C12CC(c1ccccc1)=NO2. The smallest absolute Gasteiger partial charge is 0.272 e. The zero-order valence-corrected chi connectivity index (χ0v) is 15.8. The van der Waals surface area contributed by atoms with Crippen LogP contribution in [0.4, 0.5) is 5.69 Å². The van der Waals surface area contributed by atoms with Gasteiger partial charge in [-0.1, -0.05) is 58.7 Å². The molecule has 0 aromatic heterocycles. The Hall–Kier alpha value is -2.81. The van der Waals surface area contributed by atoms with Crippen LogP contribution in [-0.4, -0.2) is 17.3 Å².